The van der Waals surface area contributed by atoms with Crippen LogP contribution in [0.4, 0.5) is 0 Å². The number of methoxy groups -OCH3 is 1. The molecule has 0 radical (unpaired) electrons. The molecule has 0 unspecified atom stereocenters. The van der Waals surface area contributed by atoms with Crippen LogP contribution in [0.3, 0.4) is 0 Å². The number of carbonyl (C=O) groups is 1. The summed E-state index contributed by atoms with van der Waals surface area (Å²) in [4.78, 5) is 14.8. The quantitative estimate of drug-likeness (QED) is 0.584. The molecule has 1 aromatic carbocycles. The van der Waals surface area contributed by atoms with E-state index in [4.69, 9.17) is 4.74 Å². The van der Waals surface area contributed by atoms with E-state index in [9.17, 15) is 4.79 Å². The number of amides is 1. The monoisotopic (exact) mass is 282 g/mol. The highest BCUT2D eigenvalue weighted by molar-refractivity contribution is 8.00. The zero-order valence-corrected chi connectivity index (χ0v) is 12.6. The van der Waals surface area contributed by atoms with Crippen LogP contribution in [0.25, 0.3) is 0 Å². The first-order chi connectivity index (χ1) is 9.11. The third-order valence-corrected chi connectivity index (χ3v) is 3.55. The summed E-state index contributed by atoms with van der Waals surface area (Å²) in [6.45, 7) is 1.73. The molecule has 1 amide bonds. The van der Waals surface area contributed by atoms with E-state index in [-0.39, 0.29) is 5.91 Å². The van der Waals surface area contributed by atoms with Gasteiger partial charge in [-0.15, -0.1) is 11.8 Å². The molecule has 4 nitrogen and oxygen atoms in total. The third kappa shape index (κ3) is 7.08. The zero-order chi connectivity index (χ0) is 14.1. The predicted octanol–water partition coefficient (Wildman–Crippen LogP) is 1.86. The van der Waals surface area contributed by atoms with Gasteiger partial charge in [0, 0.05) is 11.4 Å². The van der Waals surface area contributed by atoms with Gasteiger partial charge in [-0.05, 0) is 51.3 Å². The number of thioether (sulfide) groups is 1. The van der Waals surface area contributed by atoms with Gasteiger partial charge in [0.2, 0.25) is 5.91 Å². The summed E-state index contributed by atoms with van der Waals surface area (Å²) in [6, 6.07) is 7.72. The molecule has 106 valence electrons. The fourth-order valence-corrected chi connectivity index (χ4v) is 2.22. The molecule has 0 saturated heterocycles. The van der Waals surface area contributed by atoms with Crippen LogP contribution < -0.4 is 10.1 Å². The maximum Gasteiger partial charge on any atom is 0.230 e. The number of benzene rings is 1. The lowest BCUT2D eigenvalue weighted by Gasteiger charge is -2.09. The number of hydrogen-bond donors (Lipinski definition) is 1. The van der Waals surface area contributed by atoms with E-state index in [1.807, 2.05) is 38.4 Å². The molecule has 1 rings (SSSR count). The van der Waals surface area contributed by atoms with Crippen LogP contribution >= 0.6 is 11.8 Å². The number of hydrogen-bond acceptors (Lipinski definition) is 4. The second kappa shape index (κ2) is 8.82. The fraction of sp³-hybridized carbons (Fsp3) is 0.500. The number of rotatable bonds is 8. The van der Waals surface area contributed by atoms with Gasteiger partial charge in [-0.1, -0.05) is 0 Å². The fourth-order valence-electron chi connectivity index (χ4n) is 1.49. The van der Waals surface area contributed by atoms with Gasteiger partial charge in [0.15, 0.2) is 0 Å². The van der Waals surface area contributed by atoms with Gasteiger partial charge in [0.05, 0.1) is 12.9 Å². The summed E-state index contributed by atoms with van der Waals surface area (Å²) >= 11 is 1.53. The van der Waals surface area contributed by atoms with Crippen molar-refractivity contribution in [1.29, 1.82) is 0 Å². The van der Waals surface area contributed by atoms with Crippen molar-refractivity contribution in [3.63, 3.8) is 0 Å². The standard InChI is InChI=1S/C14H22N2O2S/c1-16(2)10-4-9-15-14(17)11-19-13-7-5-12(18-3)6-8-13/h5-8H,4,9-11H2,1-3H3,(H,15,17). The summed E-state index contributed by atoms with van der Waals surface area (Å²) < 4.78 is 5.09. The Balaban J connectivity index is 2.18. The first-order valence-corrected chi connectivity index (χ1v) is 7.28. The average Bonchev–Trinajstić information content (AvgIpc) is 2.41. The van der Waals surface area contributed by atoms with Crippen molar-refractivity contribution < 1.29 is 9.53 Å². The molecule has 0 fully saturated rings. The van der Waals surface area contributed by atoms with Crippen LogP contribution in [0.1, 0.15) is 6.42 Å². The Morgan fingerprint density at radius 3 is 2.58 bits per heavy atom. The summed E-state index contributed by atoms with van der Waals surface area (Å²) in [5.74, 6) is 1.37. The minimum absolute atomic E-state index is 0.0829. The second-order valence-electron chi connectivity index (χ2n) is 4.47. The Morgan fingerprint density at radius 1 is 1.32 bits per heavy atom. The highest BCUT2D eigenvalue weighted by Crippen LogP contribution is 2.20. The zero-order valence-electron chi connectivity index (χ0n) is 11.8. The summed E-state index contributed by atoms with van der Waals surface area (Å²) in [5.41, 5.74) is 0. The minimum atomic E-state index is 0.0829. The summed E-state index contributed by atoms with van der Waals surface area (Å²) in [5, 5.41) is 2.92. The van der Waals surface area contributed by atoms with Crippen LogP contribution in [0.15, 0.2) is 29.2 Å². The number of nitrogens with one attached hydrogen (secondary N) is 1. The molecule has 1 aromatic rings. The Hall–Kier alpha value is -1.20. The molecule has 0 heterocycles. The Labute approximate surface area is 119 Å². The van der Waals surface area contributed by atoms with Crippen molar-refractivity contribution in [1.82, 2.24) is 10.2 Å². The number of ether oxygens (including phenoxy) is 1. The summed E-state index contributed by atoms with van der Waals surface area (Å²) in [7, 11) is 5.70. The van der Waals surface area contributed by atoms with E-state index >= 15 is 0 Å². The van der Waals surface area contributed by atoms with E-state index in [1.54, 1.807) is 7.11 Å². The van der Waals surface area contributed by atoms with Gasteiger partial charge in [-0.25, -0.2) is 0 Å². The molecular formula is C14H22N2O2S. The first-order valence-electron chi connectivity index (χ1n) is 6.30. The lowest BCUT2D eigenvalue weighted by molar-refractivity contribution is -0.118. The van der Waals surface area contributed by atoms with Crippen molar-refractivity contribution >= 4 is 17.7 Å². The highest BCUT2D eigenvalue weighted by atomic mass is 32.2. The topological polar surface area (TPSA) is 41.6 Å². The van der Waals surface area contributed by atoms with E-state index in [1.165, 1.54) is 11.8 Å². The van der Waals surface area contributed by atoms with Crippen LogP contribution in [0.5, 0.6) is 5.75 Å². The Kier molecular flexibility index (Phi) is 7.36. The minimum Gasteiger partial charge on any atom is -0.497 e. The van der Waals surface area contributed by atoms with Gasteiger partial charge in [-0.3, -0.25) is 4.79 Å². The normalized spacial score (nSPS) is 10.5. The van der Waals surface area contributed by atoms with Crippen molar-refractivity contribution in [2.24, 2.45) is 0 Å². The van der Waals surface area contributed by atoms with Gasteiger partial charge in [0.1, 0.15) is 5.75 Å². The molecule has 0 aromatic heterocycles. The molecule has 0 bridgehead atoms. The molecule has 1 N–H and O–H groups in total. The van der Waals surface area contributed by atoms with Crippen molar-refractivity contribution in [2.45, 2.75) is 11.3 Å². The molecule has 5 heteroatoms. The number of nitrogens with zero attached hydrogens (tertiary/aromatic N) is 1. The van der Waals surface area contributed by atoms with Crippen molar-refractivity contribution in [3.8, 4) is 5.75 Å². The van der Waals surface area contributed by atoms with Crippen LogP contribution in [0, 0.1) is 0 Å². The van der Waals surface area contributed by atoms with Gasteiger partial charge >= 0.3 is 0 Å². The Morgan fingerprint density at radius 2 is 2.00 bits per heavy atom. The first kappa shape index (κ1) is 15.9. The van der Waals surface area contributed by atoms with Crippen molar-refractivity contribution in [3.05, 3.63) is 24.3 Å². The largest absolute Gasteiger partial charge is 0.497 e. The van der Waals surface area contributed by atoms with E-state index < -0.39 is 0 Å². The Bertz CT molecular complexity index is 380. The molecule has 0 aliphatic rings. The smallest absolute Gasteiger partial charge is 0.230 e. The molecule has 19 heavy (non-hydrogen) atoms. The third-order valence-electron chi connectivity index (χ3n) is 2.53. The maximum absolute atomic E-state index is 11.6. The van der Waals surface area contributed by atoms with Gasteiger partial charge in [0.25, 0.3) is 0 Å². The predicted molar refractivity (Wildman–Crippen MR) is 79.9 cm³/mol. The van der Waals surface area contributed by atoms with E-state index in [0.717, 1.165) is 30.2 Å². The molecular weight excluding hydrogens is 260 g/mol. The second-order valence-corrected chi connectivity index (χ2v) is 5.52. The SMILES string of the molecule is COc1ccc(SCC(=O)NCCCN(C)C)cc1. The van der Waals surface area contributed by atoms with Gasteiger partial charge < -0.3 is 15.0 Å². The number of carbonyl (C=O) groups excluding carboxylic acids is 1. The lowest BCUT2D eigenvalue weighted by Crippen LogP contribution is -2.28. The highest BCUT2D eigenvalue weighted by Gasteiger charge is 2.02. The van der Waals surface area contributed by atoms with Crippen LogP contribution in [-0.2, 0) is 4.79 Å². The van der Waals surface area contributed by atoms with Crippen molar-refractivity contribution in [2.75, 3.05) is 40.0 Å². The van der Waals surface area contributed by atoms with E-state index in [2.05, 4.69) is 10.2 Å². The maximum atomic E-state index is 11.6. The molecule has 0 aliphatic carbocycles. The lowest BCUT2D eigenvalue weighted by atomic mass is 10.3. The van der Waals surface area contributed by atoms with E-state index in [0.29, 0.717) is 5.75 Å². The average molecular weight is 282 g/mol. The van der Waals surface area contributed by atoms with Crippen LogP contribution in [0.2, 0.25) is 0 Å². The molecule has 0 aliphatic heterocycles. The van der Waals surface area contributed by atoms with Gasteiger partial charge in [-0.2, -0.15) is 0 Å². The molecule has 0 atom stereocenters. The summed E-state index contributed by atoms with van der Waals surface area (Å²) in [6.07, 6.45) is 0.978. The molecule has 0 spiro atoms. The molecule has 0 saturated carbocycles. The van der Waals surface area contributed by atoms with Crippen LogP contribution in [-0.4, -0.2) is 50.9 Å².